The molecule has 1 unspecified atom stereocenters. The summed E-state index contributed by atoms with van der Waals surface area (Å²) in [7, 11) is 0. The first kappa shape index (κ1) is 27.0. The number of carbonyl (C=O) groups excluding carboxylic acids is 1. The molecule has 1 atom stereocenters. The molecule has 3 aromatic rings. The third kappa shape index (κ3) is 5.46. The first-order chi connectivity index (χ1) is 17.5. The van der Waals surface area contributed by atoms with Gasteiger partial charge in [0.2, 0.25) is 0 Å². The van der Waals surface area contributed by atoms with E-state index < -0.39 is 17.2 Å². The van der Waals surface area contributed by atoms with Crippen molar-refractivity contribution >= 4 is 11.6 Å². The van der Waals surface area contributed by atoms with Crippen molar-refractivity contribution in [3.63, 3.8) is 0 Å². The second kappa shape index (κ2) is 10.3. The number of halogens is 3. The standard InChI is InChI=1S/C30H36F3N3O/c1-5-16-29(17-6-2,22-12-14-23(15-13-22)30(31,32)33)19-26(37)24-20-34-36-27(24)35-25(18-28(36,3)4)21-10-8-7-9-11-21/h7-15,20,25,35H,5-6,16-19H2,1-4H3. The zero-order valence-electron chi connectivity index (χ0n) is 22.0. The van der Waals surface area contributed by atoms with Gasteiger partial charge in [0.25, 0.3) is 0 Å². The van der Waals surface area contributed by atoms with Crippen LogP contribution in [0.2, 0.25) is 0 Å². The van der Waals surface area contributed by atoms with Gasteiger partial charge in [-0.3, -0.25) is 4.79 Å². The van der Waals surface area contributed by atoms with Gasteiger partial charge in [-0.1, -0.05) is 69.2 Å². The number of carbonyl (C=O) groups is 1. The third-order valence-corrected chi connectivity index (χ3v) is 7.64. The highest BCUT2D eigenvalue weighted by Gasteiger charge is 2.39. The fourth-order valence-corrected chi connectivity index (χ4v) is 5.90. The molecule has 0 spiro atoms. The molecule has 0 bridgehead atoms. The van der Waals surface area contributed by atoms with Crippen molar-refractivity contribution in [1.29, 1.82) is 0 Å². The Hall–Kier alpha value is -3.09. The number of rotatable bonds is 9. The molecule has 0 saturated carbocycles. The second-order valence-corrected chi connectivity index (χ2v) is 10.9. The molecule has 1 aliphatic rings. The molecule has 7 heteroatoms. The summed E-state index contributed by atoms with van der Waals surface area (Å²) in [5.41, 5.74) is 0.969. The monoisotopic (exact) mass is 511 g/mol. The van der Waals surface area contributed by atoms with Crippen LogP contribution >= 0.6 is 0 Å². The molecule has 1 aliphatic heterocycles. The Labute approximate surface area is 217 Å². The summed E-state index contributed by atoms with van der Waals surface area (Å²) in [6.07, 6.45) is 1.37. The van der Waals surface area contributed by atoms with Crippen LogP contribution in [0.3, 0.4) is 0 Å². The molecule has 2 aromatic carbocycles. The van der Waals surface area contributed by atoms with Crippen molar-refractivity contribution in [2.75, 3.05) is 5.32 Å². The number of nitrogens with one attached hydrogen (secondary N) is 1. The molecule has 198 valence electrons. The van der Waals surface area contributed by atoms with Gasteiger partial charge in [-0.05, 0) is 56.4 Å². The fourth-order valence-electron chi connectivity index (χ4n) is 5.90. The summed E-state index contributed by atoms with van der Waals surface area (Å²) in [5.74, 6) is 0.671. The summed E-state index contributed by atoms with van der Waals surface area (Å²) in [6, 6.07) is 15.6. The Bertz CT molecular complexity index is 1210. The van der Waals surface area contributed by atoms with Crippen LogP contribution in [-0.2, 0) is 17.1 Å². The van der Waals surface area contributed by atoms with Gasteiger partial charge < -0.3 is 5.32 Å². The molecular formula is C30H36F3N3O. The van der Waals surface area contributed by atoms with Gasteiger partial charge in [0.1, 0.15) is 5.82 Å². The van der Waals surface area contributed by atoms with E-state index in [0.717, 1.165) is 42.5 Å². The van der Waals surface area contributed by atoms with E-state index in [1.165, 1.54) is 0 Å². The molecule has 0 aliphatic carbocycles. The SMILES string of the molecule is CCCC(CCC)(CC(=O)c1cnn2c1NC(c1ccccc1)CC2(C)C)c1ccc(C(F)(F)F)cc1. The molecule has 0 saturated heterocycles. The summed E-state index contributed by atoms with van der Waals surface area (Å²) in [6.45, 7) is 8.34. The number of anilines is 1. The van der Waals surface area contributed by atoms with Crippen LogP contribution in [0.5, 0.6) is 0 Å². The molecule has 2 heterocycles. The van der Waals surface area contributed by atoms with Gasteiger partial charge in [0, 0.05) is 11.8 Å². The molecular weight excluding hydrogens is 475 g/mol. The summed E-state index contributed by atoms with van der Waals surface area (Å²) < 4.78 is 41.5. The molecule has 0 fully saturated rings. The first-order valence-corrected chi connectivity index (χ1v) is 13.1. The van der Waals surface area contributed by atoms with E-state index in [0.29, 0.717) is 24.2 Å². The highest BCUT2D eigenvalue weighted by atomic mass is 19.4. The fraction of sp³-hybridized carbons (Fsp3) is 0.467. The average Bonchev–Trinajstić information content (AvgIpc) is 3.29. The lowest BCUT2D eigenvalue weighted by atomic mass is 9.69. The minimum atomic E-state index is -4.39. The molecule has 0 radical (unpaired) electrons. The van der Waals surface area contributed by atoms with E-state index in [1.807, 2.05) is 22.9 Å². The van der Waals surface area contributed by atoms with Crippen LogP contribution in [0, 0.1) is 0 Å². The van der Waals surface area contributed by atoms with E-state index in [2.05, 4.69) is 50.2 Å². The van der Waals surface area contributed by atoms with Crippen molar-refractivity contribution in [3.05, 3.63) is 83.0 Å². The summed E-state index contributed by atoms with van der Waals surface area (Å²) in [4.78, 5) is 13.9. The van der Waals surface area contributed by atoms with Crippen LogP contribution in [0.25, 0.3) is 0 Å². The third-order valence-electron chi connectivity index (χ3n) is 7.64. The number of alkyl halides is 3. The quantitative estimate of drug-likeness (QED) is 0.294. The first-order valence-electron chi connectivity index (χ1n) is 13.1. The van der Waals surface area contributed by atoms with Gasteiger partial charge in [0.15, 0.2) is 5.78 Å². The van der Waals surface area contributed by atoms with E-state index in [4.69, 9.17) is 0 Å². The van der Waals surface area contributed by atoms with Crippen molar-refractivity contribution in [1.82, 2.24) is 9.78 Å². The maximum atomic E-state index is 13.9. The van der Waals surface area contributed by atoms with E-state index >= 15 is 0 Å². The molecule has 1 N–H and O–H groups in total. The normalized spacial score (nSPS) is 17.2. The smallest absolute Gasteiger partial charge is 0.363 e. The number of aromatic nitrogens is 2. The Kier molecular flexibility index (Phi) is 7.54. The molecule has 0 amide bonds. The lowest BCUT2D eigenvalue weighted by Crippen LogP contribution is -2.38. The van der Waals surface area contributed by atoms with Gasteiger partial charge >= 0.3 is 6.18 Å². The van der Waals surface area contributed by atoms with E-state index in [1.54, 1.807) is 18.3 Å². The Morgan fingerprint density at radius 1 is 1.00 bits per heavy atom. The predicted molar refractivity (Wildman–Crippen MR) is 141 cm³/mol. The molecule has 1 aromatic heterocycles. The van der Waals surface area contributed by atoms with E-state index in [-0.39, 0.29) is 23.8 Å². The zero-order valence-corrected chi connectivity index (χ0v) is 22.0. The van der Waals surface area contributed by atoms with Gasteiger partial charge in [-0.25, -0.2) is 4.68 Å². The van der Waals surface area contributed by atoms with Gasteiger partial charge in [-0.15, -0.1) is 0 Å². The maximum Gasteiger partial charge on any atom is 0.416 e. The summed E-state index contributed by atoms with van der Waals surface area (Å²) in [5, 5.41) is 8.17. The minimum absolute atomic E-state index is 0.0397. The Morgan fingerprint density at radius 3 is 2.16 bits per heavy atom. The van der Waals surface area contributed by atoms with Crippen molar-refractivity contribution in [2.45, 2.75) is 89.4 Å². The van der Waals surface area contributed by atoms with Crippen LogP contribution < -0.4 is 5.32 Å². The lowest BCUT2D eigenvalue weighted by Gasteiger charge is -2.38. The average molecular weight is 512 g/mol. The predicted octanol–water partition coefficient (Wildman–Crippen LogP) is 8.30. The Balaban J connectivity index is 1.69. The zero-order chi connectivity index (χ0) is 26.8. The topological polar surface area (TPSA) is 46.9 Å². The number of nitrogens with zero attached hydrogens (tertiary/aromatic N) is 2. The lowest BCUT2D eigenvalue weighted by molar-refractivity contribution is -0.137. The van der Waals surface area contributed by atoms with E-state index in [9.17, 15) is 18.0 Å². The highest BCUT2D eigenvalue weighted by Crippen LogP contribution is 2.43. The highest BCUT2D eigenvalue weighted by molar-refractivity contribution is 6.01. The molecule has 4 nitrogen and oxygen atoms in total. The maximum absolute atomic E-state index is 13.9. The van der Waals surface area contributed by atoms with Gasteiger partial charge in [0.05, 0.1) is 28.9 Å². The van der Waals surface area contributed by atoms with Crippen molar-refractivity contribution in [3.8, 4) is 0 Å². The molecule has 37 heavy (non-hydrogen) atoms. The van der Waals surface area contributed by atoms with Crippen molar-refractivity contribution < 1.29 is 18.0 Å². The number of benzene rings is 2. The summed E-state index contributed by atoms with van der Waals surface area (Å²) >= 11 is 0. The minimum Gasteiger partial charge on any atom is -0.363 e. The number of fused-ring (bicyclic) bond motifs is 1. The van der Waals surface area contributed by atoms with Crippen LogP contribution in [0.4, 0.5) is 19.0 Å². The number of hydrogen-bond acceptors (Lipinski definition) is 3. The Morgan fingerprint density at radius 2 is 1.59 bits per heavy atom. The second-order valence-electron chi connectivity index (χ2n) is 10.9. The van der Waals surface area contributed by atoms with Crippen LogP contribution in [-0.4, -0.2) is 15.6 Å². The number of Topliss-reactive ketones (excluding diaryl/α,β-unsaturated/α-hetero) is 1. The number of ketones is 1. The number of hydrogen-bond donors (Lipinski definition) is 1. The van der Waals surface area contributed by atoms with Gasteiger partial charge in [-0.2, -0.15) is 18.3 Å². The van der Waals surface area contributed by atoms with Crippen LogP contribution in [0.15, 0.2) is 60.8 Å². The largest absolute Gasteiger partial charge is 0.416 e. The molecule has 4 rings (SSSR count). The van der Waals surface area contributed by atoms with Crippen molar-refractivity contribution in [2.24, 2.45) is 0 Å². The van der Waals surface area contributed by atoms with Crippen LogP contribution in [0.1, 0.15) is 99.3 Å².